The van der Waals surface area contributed by atoms with Gasteiger partial charge in [0, 0.05) is 39.8 Å². The van der Waals surface area contributed by atoms with Gasteiger partial charge in [-0.25, -0.2) is 9.59 Å². The molecule has 3 atom stereocenters. The van der Waals surface area contributed by atoms with Crippen LogP contribution in [0.3, 0.4) is 0 Å². The first kappa shape index (κ1) is 23.9. The highest BCUT2D eigenvalue weighted by atomic mass is 19.4. The molecule has 0 unspecified atom stereocenters. The van der Waals surface area contributed by atoms with Gasteiger partial charge >= 0.3 is 18.2 Å². The van der Waals surface area contributed by atoms with E-state index in [0.717, 1.165) is 44.0 Å². The summed E-state index contributed by atoms with van der Waals surface area (Å²) in [5.41, 5.74) is 1.19. The second-order valence-electron chi connectivity index (χ2n) is 7.92. The molecular weight excluding hydrogens is 435 g/mol. The smallest absolute Gasteiger partial charge is 0.475 e. The maximum absolute atomic E-state index is 12.1. The van der Waals surface area contributed by atoms with Crippen LogP contribution >= 0.6 is 0 Å². The second-order valence-corrected chi connectivity index (χ2v) is 7.92. The first-order valence-corrected chi connectivity index (χ1v) is 10.1. The first-order valence-electron chi connectivity index (χ1n) is 10.1. The predicted octanol–water partition coefficient (Wildman–Crippen LogP) is 2.05. The van der Waals surface area contributed by atoms with Crippen molar-refractivity contribution < 1.29 is 42.1 Å². The molecule has 178 valence electrons. The Balaban J connectivity index is 0.000000360. The monoisotopic (exact) mass is 461 g/mol. The van der Waals surface area contributed by atoms with E-state index in [-0.39, 0.29) is 18.2 Å². The quantitative estimate of drug-likeness (QED) is 0.711. The van der Waals surface area contributed by atoms with Crippen LogP contribution in [-0.2, 0) is 16.1 Å². The molecule has 1 aromatic carbocycles. The highest BCUT2D eigenvalue weighted by molar-refractivity contribution is 5.74. The van der Waals surface area contributed by atoms with Gasteiger partial charge in [0.05, 0.1) is 12.1 Å². The molecule has 12 heteroatoms. The minimum atomic E-state index is -5.08. The van der Waals surface area contributed by atoms with Crippen molar-refractivity contribution in [3.63, 3.8) is 0 Å². The summed E-state index contributed by atoms with van der Waals surface area (Å²) < 4.78 is 48.6. The molecule has 0 bridgehead atoms. The molecule has 0 aromatic heterocycles. The number of amides is 2. The lowest BCUT2D eigenvalue weighted by atomic mass is 10.0. The average molecular weight is 461 g/mol. The van der Waals surface area contributed by atoms with E-state index in [2.05, 4.69) is 16.3 Å². The Morgan fingerprint density at radius 2 is 1.94 bits per heavy atom. The number of urea groups is 1. The third-order valence-electron chi connectivity index (χ3n) is 5.41. The van der Waals surface area contributed by atoms with Crippen LogP contribution in [0.5, 0.6) is 11.5 Å². The molecule has 32 heavy (non-hydrogen) atoms. The molecule has 3 aliphatic rings. The van der Waals surface area contributed by atoms with Crippen molar-refractivity contribution in [2.45, 2.75) is 43.8 Å². The predicted molar refractivity (Wildman–Crippen MR) is 105 cm³/mol. The topological polar surface area (TPSA) is 101 Å². The summed E-state index contributed by atoms with van der Waals surface area (Å²) >= 11 is 0. The number of halogens is 3. The number of fused-ring (bicyclic) bond motifs is 2. The van der Waals surface area contributed by atoms with Crippen LogP contribution in [0.4, 0.5) is 18.0 Å². The summed E-state index contributed by atoms with van der Waals surface area (Å²) in [4.78, 5) is 25.0. The van der Waals surface area contributed by atoms with E-state index in [9.17, 15) is 18.0 Å². The summed E-state index contributed by atoms with van der Waals surface area (Å²) in [6.45, 7) is 2.67. The van der Waals surface area contributed by atoms with Crippen LogP contribution < -0.4 is 14.8 Å². The number of ether oxygens (including phenoxy) is 3. The highest BCUT2D eigenvalue weighted by Gasteiger charge is 2.44. The van der Waals surface area contributed by atoms with Gasteiger partial charge in [-0.1, -0.05) is 6.07 Å². The summed E-state index contributed by atoms with van der Waals surface area (Å²) in [6.07, 6.45) is -2.86. The Morgan fingerprint density at radius 1 is 1.25 bits per heavy atom. The Kier molecular flexibility index (Phi) is 7.34. The van der Waals surface area contributed by atoms with Crippen LogP contribution in [0.2, 0.25) is 0 Å². The molecule has 0 aliphatic carbocycles. The maximum atomic E-state index is 12.1. The number of carbonyl (C=O) groups is 2. The number of alkyl halides is 3. The summed E-state index contributed by atoms with van der Waals surface area (Å²) in [5, 5.41) is 10.2. The zero-order chi connectivity index (χ0) is 23.5. The van der Waals surface area contributed by atoms with Gasteiger partial charge in [-0.05, 0) is 30.5 Å². The minimum absolute atomic E-state index is 0.0224. The van der Waals surface area contributed by atoms with E-state index in [1.807, 2.05) is 12.1 Å². The van der Waals surface area contributed by atoms with Gasteiger partial charge in [-0.3, -0.25) is 4.90 Å². The molecule has 0 radical (unpaired) electrons. The number of hydrogen-bond donors (Lipinski definition) is 2. The molecule has 0 spiro atoms. The zero-order valence-corrected chi connectivity index (χ0v) is 17.7. The number of carboxylic acid groups (broad SMARTS) is 1. The van der Waals surface area contributed by atoms with E-state index in [1.165, 1.54) is 5.56 Å². The number of aliphatic carboxylic acids is 1. The van der Waals surface area contributed by atoms with E-state index in [1.54, 1.807) is 19.0 Å². The van der Waals surface area contributed by atoms with Crippen LogP contribution in [0, 0.1) is 0 Å². The fraction of sp³-hybridized carbons (Fsp3) is 0.600. The molecular formula is C20H26F3N3O6. The Bertz CT molecular complexity index is 835. The van der Waals surface area contributed by atoms with Gasteiger partial charge in [-0.2, -0.15) is 13.2 Å². The number of nitrogens with one attached hydrogen (secondary N) is 1. The zero-order valence-electron chi connectivity index (χ0n) is 17.7. The minimum Gasteiger partial charge on any atom is -0.475 e. The van der Waals surface area contributed by atoms with Crippen LogP contribution in [0.15, 0.2) is 18.2 Å². The van der Waals surface area contributed by atoms with E-state index in [0.29, 0.717) is 12.8 Å². The molecule has 2 N–H and O–H groups in total. The Labute approximate surface area is 183 Å². The van der Waals surface area contributed by atoms with E-state index in [4.69, 9.17) is 24.1 Å². The van der Waals surface area contributed by atoms with Crippen LogP contribution in [0.1, 0.15) is 18.4 Å². The number of carboxylic acids is 1. The van der Waals surface area contributed by atoms with Gasteiger partial charge in [-0.15, -0.1) is 0 Å². The number of benzene rings is 1. The fourth-order valence-corrected chi connectivity index (χ4v) is 3.92. The van der Waals surface area contributed by atoms with Gasteiger partial charge in [0.15, 0.2) is 11.5 Å². The molecule has 2 fully saturated rings. The molecule has 2 amide bonds. The van der Waals surface area contributed by atoms with Crippen LogP contribution in [-0.4, -0.2) is 85.3 Å². The molecule has 9 nitrogen and oxygen atoms in total. The standard InChI is InChI=1S/C18H25N3O4.C2HF3O2/c1-20(2)18(22)19-13-10-21(14-4-3-7-23-17(13)14)9-12-5-6-15-16(8-12)25-11-24-15;3-2(4,5)1(6)7/h5-6,8,13-14,17H,3-4,7,9-11H2,1-2H3,(H,19,22);(H,6,7)/t13-,14+,17+;/m0./s1. The number of nitrogens with zero attached hydrogens (tertiary/aromatic N) is 2. The number of rotatable bonds is 3. The molecule has 0 saturated carbocycles. The van der Waals surface area contributed by atoms with Crippen molar-refractivity contribution in [2.75, 3.05) is 34.0 Å². The lowest BCUT2D eigenvalue weighted by molar-refractivity contribution is -0.192. The lowest BCUT2D eigenvalue weighted by Crippen LogP contribution is -2.50. The second kappa shape index (κ2) is 9.82. The first-order chi connectivity index (χ1) is 15.1. The van der Waals surface area contributed by atoms with Crippen molar-refractivity contribution in [3.05, 3.63) is 23.8 Å². The van der Waals surface area contributed by atoms with Gasteiger partial charge in [0.25, 0.3) is 0 Å². The Hall–Kier alpha value is -2.73. The molecule has 1 aromatic rings. The molecule has 2 saturated heterocycles. The highest BCUT2D eigenvalue weighted by Crippen LogP contribution is 2.35. The largest absolute Gasteiger partial charge is 0.490 e. The summed E-state index contributed by atoms with van der Waals surface area (Å²) in [6, 6.07) is 6.39. The van der Waals surface area contributed by atoms with Crippen molar-refractivity contribution in [1.82, 2.24) is 15.1 Å². The van der Waals surface area contributed by atoms with Gasteiger partial charge < -0.3 is 29.5 Å². The third-order valence-corrected chi connectivity index (χ3v) is 5.41. The SMILES string of the molecule is CN(C)C(=O)N[C@H]1CN(Cc2ccc3c(c2)OCO3)[C@@H]2CCCO[C@H]12.O=C(O)C(F)(F)F. The summed E-state index contributed by atoms with van der Waals surface area (Å²) in [5.74, 6) is -1.14. The van der Waals surface area contributed by atoms with Gasteiger partial charge in [0.1, 0.15) is 0 Å². The number of hydrogen-bond acceptors (Lipinski definition) is 6. The lowest BCUT2D eigenvalue weighted by Gasteiger charge is -2.32. The Morgan fingerprint density at radius 3 is 2.59 bits per heavy atom. The van der Waals surface area contributed by atoms with E-state index >= 15 is 0 Å². The number of likely N-dealkylation sites (tertiary alicyclic amines) is 1. The van der Waals surface area contributed by atoms with E-state index < -0.39 is 12.1 Å². The van der Waals surface area contributed by atoms with Crippen LogP contribution in [0.25, 0.3) is 0 Å². The van der Waals surface area contributed by atoms with Gasteiger partial charge in [0.2, 0.25) is 6.79 Å². The number of carbonyl (C=O) groups excluding carboxylic acids is 1. The normalized spacial score (nSPS) is 24.2. The van der Waals surface area contributed by atoms with Crippen molar-refractivity contribution in [2.24, 2.45) is 0 Å². The van der Waals surface area contributed by atoms with Crippen molar-refractivity contribution in [1.29, 1.82) is 0 Å². The average Bonchev–Trinajstić information content (AvgIpc) is 3.32. The fourth-order valence-electron chi connectivity index (χ4n) is 3.92. The summed E-state index contributed by atoms with van der Waals surface area (Å²) in [7, 11) is 3.52. The molecule has 4 rings (SSSR count). The third kappa shape index (κ3) is 5.74. The molecule has 3 heterocycles. The molecule has 3 aliphatic heterocycles. The van der Waals surface area contributed by atoms with Crippen molar-refractivity contribution >= 4 is 12.0 Å². The maximum Gasteiger partial charge on any atom is 0.490 e. The van der Waals surface area contributed by atoms with Crippen molar-refractivity contribution in [3.8, 4) is 11.5 Å².